The third-order valence-electron chi connectivity index (χ3n) is 5.88. The van der Waals surface area contributed by atoms with Gasteiger partial charge in [0.25, 0.3) is 5.91 Å². The number of ether oxygens (including phenoxy) is 1. The first-order valence-corrected chi connectivity index (χ1v) is 10.8. The van der Waals surface area contributed by atoms with Crippen LogP contribution in [0.25, 0.3) is 21.8 Å². The minimum Gasteiger partial charge on any atom is -0.497 e. The maximum absolute atomic E-state index is 12.9. The molecule has 3 N–H and O–H groups in total. The van der Waals surface area contributed by atoms with Crippen LogP contribution in [0, 0.1) is 0 Å². The fourth-order valence-corrected chi connectivity index (χ4v) is 4.04. The van der Waals surface area contributed by atoms with Crippen molar-refractivity contribution in [3.8, 4) is 5.75 Å². The smallest absolute Gasteiger partial charge is 0.268 e. The van der Waals surface area contributed by atoms with Crippen molar-refractivity contribution < 1.29 is 14.3 Å². The van der Waals surface area contributed by atoms with E-state index in [1.54, 1.807) is 7.11 Å². The van der Waals surface area contributed by atoms with E-state index in [1.807, 2.05) is 67.2 Å². The van der Waals surface area contributed by atoms with Crippen molar-refractivity contribution in [1.82, 2.24) is 20.2 Å². The summed E-state index contributed by atoms with van der Waals surface area (Å²) < 4.78 is 7.09. The monoisotopic (exact) mass is 432 g/mol. The van der Waals surface area contributed by atoms with Crippen molar-refractivity contribution >= 4 is 33.6 Å². The van der Waals surface area contributed by atoms with Gasteiger partial charge in [-0.3, -0.25) is 9.59 Å². The molecule has 0 radical (unpaired) electrons. The molecule has 7 nitrogen and oxygen atoms in total. The van der Waals surface area contributed by atoms with Crippen molar-refractivity contribution in [1.29, 1.82) is 0 Å². The lowest BCUT2D eigenvalue weighted by Crippen LogP contribution is -2.47. The Morgan fingerprint density at radius 2 is 1.97 bits per heavy atom. The van der Waals surface area contributed by atoms with Crippen LogP contribution in [0.15, 0.2) is 54.7 Å². The molecule has 1 atom stereocenters. The maximum Gasteiger partial charge on any atom is 0.268 e. The van der Waals surface area contributed by atoms with Crippen LogP contribution >= 0.6 is 0 Å². The largest absolute Gasteiger partial charge is 0.497 e. The standard InChI is InChI=1S/C25H28N4O3/c1-4-20(24(30)26-12-11-16-15-27-21-8-6-5-7-19(16)21)28-25(31)23-14-17-13-18(32-3)9-10-22(17)29(23)2/h5-10,13-15,20,27H,4,11-12H2,1-3H3,(H,26,30)(H,28,31)/t20-/m1/s1. The van der Waals surface area contributed by atoms with E-state index in [9.17, 15) is 9.59 Å². The summed E-state index contributed by atoms with van der Waals surface area (Å²) in [5.41, 5.74) is 3.66. The third-order valence-corrected chi connectivity index (χ3v) is 5.88. The molecule has 32 heavy (non-hydrogen) atoms. The number of aryl methyl sites for hydroxylation is 1. The number of hydrogen-bond donors (Lipinski definition) is 3. The number of carbonyl (C=O) groups is 2. The number of aromatic amines is 1. The number of H-pyrrole nitrogens is 1. The van der Waals surface area contributed by atoms with Gasteiger partial charge in [-0.05, 0) is 48.7 Å². The zero-order valence-electron chi connectivity index (χ0n) is 18.6. The predicted octanol–water partition coefficient (Wildman–Crippen LogP) is 3.54. The molecular weight excluding hydrogens is 404 g/mol. The number of carbonyl (C=O) groups excluding carboxylic acids is 2. The molecule has 0 aliphatic carbocycles. The molecule has 0 aliphatic heterocycles. The Morgan fingerprint density at radius 1 is 1.16 bits per heavy atom. The van der Waals surface area contributed by atoms with Gasteiger partial charge in [0, 0.05) is 41.6 Å². The number of rotatable bonds is 8. The maximum atomic E-state index is 12.9. The van der Waals surface area contributed by atoms with Crippen LogP contribution in [-0.2, 0) is 18.3 Å². The molecule has 166 valence electrons. The number of para-hydroxylation sites is 1. The number of amides is 2. The first kappa shape index (κ1) is 21.5. The highest BCUT2D eigenvalue weighted by Crippen LogP contribution is 2.24. The second-order valence-corrected chi connectivity index (χ2v) is 7.85. The highest BCUT2D eigenvalue weighted by atomic mass is 16.5. The summed E-state index contributed by atoms with van der Waals surface area (Å²) in [5.74, 6) is 0.276. The Bertz CT molecular complexity index is 1270. The summed E-state index contributed by atoms with van der Waals surface area (Å²) in [6.07, 6.45) is 3.19. The quantitative estimate of drug-likeness (QED) is 0.398. The van der Waals surface area contributed by atoms with Gasteiger partial charge in [0.1, 0.15) is 17.5 Å². The molecule has 2 aromatic heterocycles. The second-order valence-electron chi connectivity index (χ2n) is 7.85. The number of methoxy groups -OCH3 is 1. The number of nitrogens with one attached hydrogen (secondary N) is 3. The first-order chi connectivity index (χ1) is 15.5. The first-order valence-electron chi connectivity index (χ1n) is 10.8. The molecule has 0 fully saturated rings. The number of aromatic nitrogens is 2. The van der Waals surface area contributed by atoms with E-state index < -0.39 is 6.04 Å². The van der Waals surface area contributed by atoms with Gasteiger partial charge in [-0.25, -0.2) is 0 Å². The topological polar surface area (TPSA) is 88.2 Å². The van der Waals surface area contributed by atoms with Gasteiger partial charge < -0.3 is 24.9 Å². The molecule has 0 saturated heterocycles. The zero-order valence-corrected chi connectivity index (χ0v) is 18.6. The van der Waals surface area contributed by atoms with Crippen LogP contribution in [-0.4, -0.2) is 41.1 Å². The number of hydrogen-bond acceptors (Lipinski definition) is 3. The van der Waals surface area contributed by atoms with Crippen LogP contribution in [0.4, 0.5) is 0 Å². The zero-order chi connectivity index (χ0) is 22.7. The highest BCUT2D eigenvalue weighted by molar-refractivity contribution is 6.01. The minimum atomic E-state index is -0.599. The van der Waals surface area contributed by atoms with Crippen LogP contribution in [0.3, 0.4) is 0 Å². The molecule has 0 bridgehead atoms. The molecule has 2 aromatic carbocycles. The fraction of sp³-hybridized carbons (Fsp3) is 0.280. The fourth-order valence-electron chi connectivity index (χ4n) is 4.04. The molecule has 0 aliphatic rings. The SMILES string of the molecule is CC[C@@H](NC(=O)c1cc2cc(OC)ccc2n1C)C(=O)NCCc1c[nH]c2ccccc12. The molecular formula is C25H28N4O3. The predicted molar refractivity (Wildman–Crippen MR) is 126 cm³/mol. The van der Waals surface area contributed by atoms with Gasteiger partial charge in [-0.2, -0.15) is 0 Å². The van der Waals surface area contributed by atoms with E-state index in [4.69, 9.17) is 4.74 Å². The number of benzene rings is 2. The Morgan fingerprint density at radius 3 is 2.75 bits per heavy atom. The minimum absolute atomic E-state index is 0.180. The van der Waals surface area contributed by atoms with E-state index in [-0.39, 0.29) is 11.8 Å². The van der Waals surface area contributed by atoms with Gasteiger partial charge in [-0.15, -0.1) is 0 Å². The highest BCUT2D eigenvalue weighted by Gasteiger charge is 2.22. The van der Waals surface area contributed by atoms with E-state index >= 15 is 0 Å². The van der Waals surface area contributed by atoms with Gasteiger partial charge >= 0.3 is 0 Å². The number of nitrogens with zero attached hydrogens (tertiary/aromatic N) is 1. The van der Waals surface area contributed by atoms with Crippen molar-refractivity contribution in [2.24, 2.45) is 7.05 Å². The van der Waals surface area contributed by atoms with Crippen LogP contribution < -0.4 is 15.4 Å². The summed E-state index contributed by atoms with van der Waals surface area (Å²) >= 11 is 0. The molecule has 2 heterocycles. The summed E-state index contributed by atoms with van der Waals surface area (Å²) in [7, 11) is 3.45. The van der Waals surface area contributed by atoms with Gasteiger partial charge in [0.15, 0.2) is 0 Å². The summed E-state index contributed by atoms with van der Waals surface area (Å²) in [6.45, 7) is 2.39. The van der Waals surface area contributed by atoms with E-state index in [1.165, 1.54) is 0 Å². The average molecular weight is 433 g/mol. The molecule has 0 unspecified atom stereocenters. The molecule has 0 saturated carbocycles. The lowest BCUT2D eigenvalue weighted by Gasteiger charge is -2.17. The Kier molecular flexibility index (Phi) is 6.16. The van der Waals surface area contributed by atoms with Gasteiger partial charge in [0.05, 0.1) is 7.11 Å². The second kappa shape index (κ2) is 9.18. The Hall–Kier alpha value is -3.74. The van der Waals surface area contributed by atoms with Crippen LogP contribution in [0.5, 0.6) is 5.75 Å². The molecule has 2 amide bonds. The summed E-state index contributed by atoms with van der Waals surface area (Å²) in [6, 6.07) is 15.0. The Labute approximate surface area is 186 Å². The van der Waals surface area contributed by atoms with Gasteiger partial charge in [0.2, 0.25) is 5.91 Å². The summed E-state index contributed by atoms with van der Waals surface area (Å²) in [4.78, 5) is 28.9. The molecule has 7 heteroatoms. The molecule has 4 aromatic rings. The van der Waals surface area contributed by atoms with E-state index in [2.05, 4.69) is 21.7 Å². The Balaban J connectivity index is 1.39. The lowest BCUT2D eigenvalue weighted by molar-refractivity contribution is -0.123. The third kappa shape index (κ3) is 4.19. The summed E-state index contributed by atoms with van der Waals surface area (Å²) in [5, 5.41) is 7.91. The molecule has 4 rings (SSSR count). The van der Waals surface area contributed by atoms with E-state index in [0.29, 0.717) is 25.1 Å². The molecule has 0 spiro atoms. The van der Waals surface area contributed by atoms with E-state index in [0.717, 1.165) is 33.1 Å². The lowest BCUT2D eigenvalue weighted by atomic mass is 10.1. The normalized spacial score (nSPS) is 12.1. The van der Waals surface area contributed by atoms with Crippen molar-refractivity contribution in [3.63, 3.8) is 0 Å². The van der Waals surface area contributed by atoms with Crippen molar-refractivity contribution in [2.75, 3.05) is 13.7 Å². The van der Waals surface area contributed by atoms with Crippen molar-refractivity contribution in [3.05, 3.63) is 66.0 Å². The van der Waals surface area contributed by atoms with Gasteiger partial charge in [-0.1, -0.05) is 25.1 Å². The van der Waals surface area contributed by atoms with Crippen LogP contribution in [0.1, 0.15) is 29.4 Å². The number of fused-ring (bicyclic) bond motifs is 2. The van der Waals surface area contributed by atoms with Crippen molar-refractivity contribution in [2.45, 2.75) is 25.8 Å². The van der Waals surface area contributed by atoms with Crippen LogP contribution in [0.2, 0.25) is 0 Å². The average Bonchev–Trinajstić information content (AvgIpc) is 3.38.